The van der Waals surface area contributed by atoms with Crippen LogP contribution in [0.2, 0.25) is 5.02 Å². The highest BCUT2D eigenvalue weighted by molar-refractivity contribution is 7.89. The van der Waals surface area contributed by atoms with Crippen molar-refractivity contribution in [3.05, 3.63) is 40.8 Å². The lowest BCUT2D eigenvalue weighted by Gasteiger charge is -2.39. The Balaban J connectivity index is 1.51. The summed E-state index contributed by atoms with van der Waals surface area (Å²) in [6, 6.07) is 1.44. The molecule has 2 aliphatic heterocycles. The molecule has 1 aliphatic carbocycles. The molecule has 1 saturated carbocycles. The second-order valence-electron chi connectivity index (χ2n) is 9.37. The van der Waals surface area contributed by atoms with Gasteiger partial charge in [-0.25, -0.2) is 17.8 Å². The summed E-state index contributed by atoms with van der Waals surface area (Å²) in [6.45, 7) is 1.20. The molecule has 0 radical (unpaired) electrons. The number of aliphatic imine (C=N–C) groups is 1. The third-order valence-corrected chi connectivity index (χ3v) is 9.21. The number of rotatable bonds is 6. The molecule has 2 fully saturated rings. The van der Waals surface area contributed by atoms with Crippen LogP contribution in [0.3, 0.4) is 0 Å². The number of hydrogen-bond donors (Lipinski definition) is 1. The van der Waals surface area contributed by atoms with Gasteiger partial charge < -0.3 is 10.2 Å². The van der Waals surface area contributed by atoms with Gasteiger partial charge in [-0.05, 0) is 37.0 Å². The van der Waals surface area contributed by atoms with E-state index in [1.807, 2.05) is 6.08 Å². The van der Waals surface area contributed by atoms with E-state index in [9.17, 15) is 22.4 Å². The van der Waals surface area contributed by atoms with Crippen molar-refractivity contribution in [2.24, 2.45) is 10.9 Å². The molecule has 0 spiro atoms. The first-order valence-corrected chi connectivity index (χ1v) is 13.8. The molecule has 2 heterocycles. The molecular formula is C24H30ClFN4O4S. The third-order valence-electron chi connectivity index (χ3n) is 6.93. The predicted molar refractivity (Wildman–Crippen MR) is 131 cm³/mol. The Morgan fingerprint density at radius 2 is 2.00 bits per heavy atom. The van der Waals surface area contributed by atoms with Gasteiger partial charge in [0.05, 0.1) is 16.5 Å². The fraction of sp³-hybridized carbons (Fsp3) is 0.542. The number of piperazine rings is 1. The topological polar surface area (TPSA) is 99.2 Å². The molecule has 35 heavy (non-hydrogen) atoms. The number of amides is 2. The zero-order chi connectivity index (χ0) is 25.2. The minimum Gasteiger partial charge on any atom is -0.328 e. The number of carbonyl (C=O) groups excluding carboxylic acids is 2. The van der Waals surface area contributed by atoms with Crippen molar-refractivity contribution in [1.82, 2.24) is 14.5 Å². The van der Waals surface area contributed by atoms with Gasteiger partial charge in [0.15, 0.2) is 0 Å². The van der Waals surface area contributed by atoms with Crippen LogP contribution in [0.5, 0.6) is 0 Å². The molecule has 190 valence electrons. The summed E-state index contributed by atoms with van der Waals surface area (Å²) in [5.41, 5.74) is 0.298. The van der Waals surface area contributed by atoms with Crippen molar-refractivity contribution in [3.8, 4) is 0 Å². The van der Waals surface area contributed by atoms with Crippen LogP contribution in [0.15, 0.2) is 34.3 Å². The van der Waals surface area contributed by atoms with Crippen molar-refractivity contribution in [2.75, 3.05) is 19.6 Å². The maximum atomic E-state index is 14.0. The fourth-order valence-corrected chi connectivity index (χ4v) is 6.84. The van der Waals surface area contributed by atoms with Crippen molar-refractivity contribution in [3.63, 3.8) is 0 Å². The van der Waals surface area contributed by atoms with E-state index in [0.29, 0.717) is 30.2 Å². The van der Waals surface area contributed by atoms with Gasteiger partial charge in [0.1, 0.15) is 17.7 Å². The van der Waals surface area contributed by atoms with E-state index in [0.717, 1.165) is 36.1 Å². The largest absolute Gasteiger partial charge is 0.328 e. The molecule has 1 N–H and O–H groups in total. The summed E-state index contributed by atoms with van der Waals surface area (Å²) in [5, 5.41) is 2.68. The predicted octanol–water partition coefficient (Wildman–Crippen LogP) is 3.39. The van der Waals surface area contributed by atoms with E-state index in [-0.39, 0.29) is 28.9 Å². The minimum absolute atomic E-state index is 0.00864. The number of carbonyl (C=O) groups is 2. The van der Waals surface area contributed by atoms with Crippen LogP contribution in [0.1, 0.15) is 50.5 Å². The van der Waals surface area contributed by atoms with Crippen LogP contribution in [-0.4, -0.2) is 60.9 Å². The van der Waals surface area contributed by atoms with Gasteiger partial charge in [-0.15, -0.1) is 0 Å². The number of halogens is 2. The van der Waals surface area contributed by atoms with Crippen molar-refractivity contribution in [2.45, 2.75) is 62.8 Å². The summed E-state index contributed by atoms with van der Waals surface area (Å²) in [5.74, 6) is -0.711. The van der Waals surface area contributed by atoms with Crippen LogP contribution in [-0.2, 0) is 19.6 Å². The third kappa shape index (κ3) is 5.76. The van der Waals surface area contributed by atoms with Gasteiger partial charge in [0, 0.05) is 25.7 Å². The van der Waals surface area contributed by atoms with Crippen molar-refractivity contribution in [1.29, 1.82) is 0 Å². The number of nitrogens with zero attached hydrogens (tertiary/aromatic N) is 3. The Bertz CT molecular complexity index is 1160. The minimum atomic E-state index is -4.12. The van der Waals surface area contributed by atoms with E-state index < -0.39 is 34.3 Å². The summed E-state index contributed by atoms with van der Waals surface area (Å²) < 4.78 is 41.5. The zero-order valence-electron chi connectivity index (χ0n) is 19.7. The highest BCUT2D eigenvalue weighted by atomic mass is 35.5. The Hall–Kier alpha value is -2.30. The molecule has 4 rings (SSSR count). The molecular weight excluding hydrogens is 495 g/mol. The molecule has 0 bridgehead atoms. The molecule has 11 heteroatoms. The highest BCUT2D eigenvalue weighted by Gasteiger charge is 2.39. The van der Waals surface area contributed by atoms with Gasteiger partial charge >= 0.3 is 0 Å². The Morgan fingerprint density at radius 3 is 2.66 bits per heavy atom. The molecule has 0 aromatic heterocycles. The van der Waals surface area contributed by atoms with E-state index in [1.165, 1.54) is 24.3 Å². The Morgan fingerprint density at radius 1 is 1.26 bits per heavy atom. The number of hydrogen-bond acceptors (Lipinski definition) is 5. The average Bonchev–Trinajstić information content (AvgIpc) is 3.33. The van der Waals surface area contributed by atoms with Gasteiger partial charge in [0.25, 0.3) is 0 Å². The highest BCUT2D eigenvalue weighted by Crippen LogP contribution is 2.31. The van der Waals surface area contributed by atoms with Crippen LogP contribution < -0.4 is 5.32 Å². The lowest BCUT2D eigenvalue weighted by Crippen LogP contribution is -2.59. The number of amidine groups is 1. The summed E-state index contributed by atoms with van der Waals surface area (Å²) in [4.78, 5) is 31.9. The summed E-state index contributed by atoms with van der Waals surface area (Å²) in [7, 11) is -4.12. The lowest BCUT2D eigenvalue weighted by atomic mass is 9.84. The van der Waals surface area contributed by atoms with Crippen LogP contribution >= 0.6 is 11.6 Å². The Kier molecular flexibility index (Phi) is 7.92. The van der Waals surface area contributed by atoms with Crippen molar-refractivity contribution >= 4 is 39.3 Å². The molecule has 1 aromatic rings. The van der Waals surface area contributed by atoms with Crippen LogP contribution in [0, 0.1) is 18.7 Å². The molecule has 1 saturated heterocycles. The van der Waals surface area contributed by atoms with Gasteiger partial charge in [-0.2, -0.15) is 4.31 Å². The van der Waals surface area contributed by atoms with E-state index >= 15 is 0 Å². The number of sulfonamides is 1. The smallest absolute Gasteiger partial charge is 0.248 e. The van der Waals surface area contributed by atoms with Gasteiger partial charge in [-0.3, -0.25) is 9.59 Å². The first kappa shape index (κ1) is 25.8. The standard InChI is InChI=1S/C24H30ClFN4O4S/c1-16-12-18(25)19(26)14-21(16)35(33,34)29-10-11-30(23(31)15-29)20(13-17-6-3-2-4-7-17)24(32)28-22-8-5-9-27-22/h5,9,12,14,17,20H,2-4,6-8,10-11,13,15H2,1H3,(H,27,28,32)/t20-/m0/s1. The second kappa shape index (κ2) is 10.8. The summed E-state index contributed by atoms with van der Waals surface area (Å²) >= 11 is 5.77. The normalized spacial score (nSPS) is 20.7. The first-order valence-electron chi connectivity index (χ1n) is 11.9. The van der Waals surface area contributed by atoms with E-state index in [2.05, 4.69) is 10.3 Å². The zero-order valence-corrected chi connectivity index (χ0v) is 21.2. The monoisotopic (exact) mass is 524 g/mol. The average molecular weight is 525 g/mol. The number of nitrogens with one attached hydrogen (secondary N) is 1. The summed E-state index contributed by atoms with van der Waals surface area (Å²) in [6.07, 6.45) is 9.93. The molecule has 0 unspecified atom stereocenters. The van der Waals surface area contributed by atoms with Gasteiger partial charge in [-0.1, -0.05) is 49.8 Å². The first-order chi connectivity index (χ1) is 16.7. The van der Waals surface area contributed by atoms with E-state index in [4.69, 9.17) is 11.6 Å². The second-order valence-corrected chi connectivity index (χ2v) is 11.7. The maximum Gasteiger partial charge on any atom is 0.248 e. The molecule has 8 nitrogen and oxygen atoms in total. The maximum absolute atomic E-state index is 14.0. The van der Waals surface area contributed by atoms with Gasteiger partial charge in [0.2, 0.25) is 21.8 Å². The quantitative estimate of drug-likeness (QED) is 0.616. The van der Waals surface area contributed by atoms with Crippen LogP contribution in [0.4, 0.5) is 4.39 Å². The fourth-order valence-electron chi connectivity index (χ4n) is 5.03. The molecule has 1 aromatic carbocycles. The van der Waals surface area contributed by atoms with Crippen LogP contribution in [0.25, 0.3) is 0 Å². The Labute approximate surface area is 210 Å². The SMILES string of the molecule is Cc1cc(Cl)c(F)cc1S(=O)(=O)N1CCN([C@@H](CC2CCCCC2)C(=O)NC2=NC=CC2)C(=O)C1. The molecule has 3 aliphatic rings. The molecule has 2 amide bonds. The van der Waals surface area contributed by atoms with Crippen molar-refractivity contribution < 1.29 is 22.4 Å². The number of benzene rings is 1. The molecule has 1 atom stereocenters. The lowest BCUT2D eigenvalue weighted by molar-refractivity contribution is -0.143. The van der Waals surface area contributed by atoms with E-state index in [1.54, 1.807) is 6.20 Å². The number of aryl methyl sites for hydroxylation is 1.